The second kappa shape index (κ2) is 9.75. The number of halogens is 3. The molecule has 0 aliphatic rings. The Morgan fingerprint density at radius 3 is 2.18 bits per heavy atom. The van der Waals surface area contributed by atoms with E-state index in [1.807, 2.05) is 13.8 Å². The molecule has 0 aliphatic carbocycles. The maximum atomic E-state index is 12.7. The predicted molar refractivity (Wildman–Crippen MR) is 122 cm³/mol. The van der Waals surface area contributed by atoms with Crippen LogP contribution in [0.15, 0.2) is 59.6 Å². The first kappa shape index (κ1) is 25.1. The van der Waals surface area contributed by atoms with Gasteiger partial charge in [-0.05, 0) is 62.4 Å². The SMILES string of the molecule is CCN(CC)C(=O)Cn1ccc2cc(NS(=O)(=O)c3ccc(NC(=O)C(F)(F)F)cc3)ccc21. The van der Waals surface area contributed by atoms with Crippen molar-refractivity contribution in [3.8, 4) is 0 Å². The molecule has 0 saturated carbocycles. The summed E-state index contributed by atoms with van der Waals surface area (Å²) in [6.45, 7) is 5.18. The molecule has 12 heteroatoms. The molecule has 182 valence electrons. The Bertz CT molecular complexity index is 1300. The number of hydrogen-bond donors (Lipinski definition) is 2. The minimum atomic E-state index is -5.05. The summed E-state index contributed by atoms with van der Waals surface area (Å²) >= 11 is 0. The van der Waals surface area contributed by atoms with Crippen molar-refractivity contribution in [3.63, 3.8) is 0 Å². The molecule has 3 aromatic rings. The molecular weight excluding hydrogens is 473 g/mol. The molecule has 0 saturated heterocycles. The van der Waals surface area contributed by atoms with E-state index in [0.29, 0.717) is 13.1 Å². The zero-order valence-corrected chi connectivity index (χ0v) is 19.2. The number of rotatable bonds is 8. The summed E-state index contributed by atoms with van der Waals surface area (Å²) in [6.07, 6.45) is -3.30. The number of aromatic nitrogens is 1. The maximum absolute atomic E-state index is 12.7. The van der Waals surface area contributed by atoms with Gasteiger partial charge in [-0.25, -0.2) is 8.42 Å². The smallest absolute Gasteiger partial charge is 0.342 e. The summed E-state index contributed by atoms with van der Waals surface area (Å²) in [6, 6.07) is 10.9. The van der Waals surface area contributed by atoms with Gasteiger partial charge in [0.2, 0.25) is 5.91 Å². The molecule has 34 heavy (non-hydrogen) atoms. The third-order valence-corrected chi connectivity index (χ3v) is 6.52. The van der Waals surface area contributed by atoms with E-state index in [2.05, 4.69) is 4.72 Å². The molecular formula is C22H23F3N4O4S. The number of nitrogens with one attached hydrogen (secondary N) is 2. The number of likely N-dealkylation sites (N-methyl/N-ethyl adjacent to an activating group) is 1. The van der Waals surface area contributed by atoms with Crippen LogP contribution in [0.1, 0.15) is 13.8 Å². The maximum Gasteiger partial charge on any atom is 0.471 e. The van der Waals surface area contributed by atoms with Gasteiger partial charge >= 0.3 is 12.1 Å². The molecule has 1 heterocycles. The normalized spacial score (nSPS) is 11.9. The summed E-state index contributed by atoms with van der Waals surface area (Å²) < 4.78 is 66.6. The van der Waals surface area contributed by atoms with Crippen LogP contribution >= 0.6 is 0 Å². The van der Waals surface area contributed by atoms with E-state index in [0.717, 1.165) is 35.2 Å². The second-order valence-electron chi connectivity index (χ2n) is 7.37. The lowest BCUT2D eigenvalue weighted by Gasteiger charge is -2.19. The summed E-state index contributed by atoms with van der Waals surface area (Å²) in [5.41, 5.74) is 0.839. The van der Waals surface area contributed by atoms with Gasteiger partial charge in [0.15, 0.2) is 0 Å². The Morgan fingerprint density at radius 2 is 1.59 bits per heavy atom. The van der Waals surface area contributed by atoms with Crippen LogP contribution < -0.4 is 10.0 Å². The van der Waals surface area contributed by atoms with Crippen molar-refractivity contribution in [1.82, 2.24) is 9.47 Å². The number of fused-ring (bicyclic) bond motifs is 1. The number of hydrogen-bond acceptors (Lipinski definition) is 4. The van der Waals surface area contributed by atoms with Crippen molar-refractivity contribution in [2.24, 2.45) is 0 Å². The third-order valence-electron chi connectivity index (χ3n) is 5.12. The predicted octanol–water partition coefficient (Wildman–Crippen LogP) is 3.81. The quantitative estimate of drug-likeness (QED) is 0.495. The van der Waals surface area contributed by atoms with Crippen LogP contribution in [0, 0.1) is 0 Å². The lowest BCUT2D eigenvalue weighted by molar-refractivity contribution is -0.167. The van der Waals surface area contributed by atoms with Crippen molar-refractivity contribution in [2.75, 3.05) is 23.1 Å². The van der Waals surface area contributed by atoms with Gasteiger partial charge in [0, 0.05) is 41.6 Å². The van der Waals surface area contributed by atoms with Crippen molar-refractivity contribution in [2.45, 2.75) is 31.5 Å². The summed E-state index contributed by atoms with van der Waals surface area (Å²) in [5.74, 6) is -2.18. The summed E-state index contributed by atoms with van der Waals surface area (Å²) in [5, 5.41) is 2.37. The van der Waals surface area contributed by atoms with Gasteiger partial charge in [0.05, 0.1) is 4.90 Å². The van der Waals surface area contributed by atoms with Crippen molar-refractivity contribution < 1.29 is 31.2 Å². The fourth-order valence-electron chi connectivity index (χ4n) is 3.36. The molecule has 2 N–H and O–H groups in total. The molecule has 1 aromatic heterocycles. The molecule has 0 radical (unpaired) electrons. The average molecular weight is 497 g/mol. The lowest BCUT2D eigenvalue weighted by atomic mass is 10.2. The van der Waals surface area contributed by atoms with E-state index >= 15 is 0 Å². The zero-order chi connectivity index (χ0) is 25.1. The first-order valence-electron chi connectivity index (χ1n) is 10.3. The van der Waals surface area contributed by atoms with Crippen LogP contribution in [0.5, 0.6) is 0 Å². The highest BCUT2D eigenvalue weighted by molar-refractivity contribution is 7.92. The van der Waals surface area contributed by atoms with E-state index in [9.17, 15) is 31.2 Å². The number of carbonyl (C=O) groups is 2. The number of alkyl halides is 3. The van der Waals surface area contributed by atoms with Gasteiger partial charge in [-0.15, -0.1) is 0 Å². The molecule has 0 unspecified atom stereocenters. The largest absolute Gasteiger partial charge is 0.471 e. The minimum Gasteiger partial charge on any atom is -0.342 e. The van der Waals surface area contributed by atoms with E-state index in [1.165, 1.54) is 0 Å². The molecule has 2 aromatic carbocycles. The zero-order valence-electron chi connectivity index (χ0n) is 18.4. The second-order valence-corrected chi connectivity index (χ2v) is 9.05. The van der Waals surface area contributed by atoms with Crippen molar-refractivity contribution >= 4 is 44.1 Å². The Morgan fingerprint density at radius 1 is 0.971 bits per heavy atom. The first-order chi connectivity index (χ1) is 15.9. The van der Waals surface area contributed by atoms with Crippen LogP contribution in [0.2, 0.25) is 0 Å². The highest BCUT2D eigenvalue weighted by atomic mass is 32.2. The third kappa shape index (κ3) is 5.68. The van der Waals surface area contributed by atoms with Gasteiger partial charge in [-0.1, -0.05) is 0 Å². The Kier molecular flexibility index (Phi) is 7.20. The van der Waals surface area contributed by atoms with Gasteiger partial charge < -0.3 is 14.8 Å². The van der Waals surface area contributed by atoms with Gasteiger partial charge in [0.1, 0.15) is 6.54 Å². The van der Waals surface area contributed by atoms with Crippen molar-refractivity contribution in [3.05, 3.63) is 54.7 Å². The fraction of sp³-hybridized carbons (Fsp3) is 0.273. The summed E-state index contributed by atoms with van der Waals surface area (Å²) in [4.78, 5) is 24.9. The van der Waals surface area contributed by atoms with E-state index in [1.54, 1.807) is 45.2 Å². The highest BCUT2D eigenvalue weighted by Gasteiger charge is 2.38. The molecule has 0 fully saturated rings. The molecule has 0 atom stereocenters. The highest BCUT2D eigenvalue weighted by Crippen LogP contribution is 2.24. The van der Waals surface area contributed by atoms with Crippen LogP contribution in [0.25, 0.3) is 10.9 Å². The minimum absolute atomic E-state index is 0.0258. The van der Waals surface area contributed by atoms with Crippen LogP contribution in [0.3, 0.4) is 0 Å². The monoisotopic (exact) mass is 496 g/mol. The Labute approximate surface area is 194 Å². The van der Waals surface area contributed by atoms with Crippen molar-refractivity contribution in [1.29, 1.82) is 0 Å². The summed E-state index contributed by atoms with van der Waals surface area (Å²) in [7, 11) is -4.04. The Balaban J connectivity index is 1.74. The van der Waals surface area contributed by atoms with Gasteiger partial charge in [-0.2, -0.15) is 13.2 Å². The lowest BCUT2D eigenvalue weighted by Crippen LogP contribution is -2.33. The Hall–Kier alpha value is -3.54. The number of benzene rings is 2. The van der Waals surface area contributed by atoms with E-state index < -0.39 is 22.1 Å². The van der Waals surface area contributed by atoms with Crippen LogP contribution in [-0.4, -0.2) is 49.0 Å². The van der Waals surface area contributed by atoms with Crippen LogP contribution in [-0.2, 0) is 26.2 Å². The van der Waals surface area contributed by atoms with E-state index in [-0.39, 0.29) is 28.7 Å². The molecule has 2 amide bonds. The van der Waals surface area contributed by atoms with Gasteiger partial charge in [0.25, 0.3) is 10.0 Å². The molecule has 8 nitrogen and oxygen atoms in total. The van der Waals surface area contributed by atoms with Gasteiger partial charge in [-0.3, -0.25) is 14.3 Å². The molecule has 0 aliphatic heterocycles. The molecule has 0 spiro atoms. The van der Waals surface area contributed by atoms with E-state index in [4.69, 9.17) is 0 Å². The standard InChI is InChI=1S/C22H23F3N4O4S/c1-3-28(4-2)20(30)14-29-12-11-15-13-17(7-10-19(15)29)27-34(32,33)18-8-5-16(6-9-18)26-21(31)22(23,24)25/h5-13,27H,3-4,14H2,1-2H3,(H,26,31). The average Bonchev–Trinajstić information content (AvgIpc) is 3.16. The van der Waals surface area contributed by atoms with Crippen LogP contribution in [0.4, 0.5) is 24.5 Å². The number of amides is 2. The fourth-order valence-corrected chi connectivity index (χ4v) is 4.41. The topological polar surface area (TPSA) is 101 Å². The number of carbonyl (C=O) groups excluding carboxylic acids is 2. The molecule has 3 rings (SSSR count). The molecule has 0 bridgehead atoms. The number of anilines is 2. The first-order valence-corrected chi connectivity index (χ1v) is 11.8. The number of sulfonamides is 1. The number of nitrogens with zero attached hydrogens (tertiary/aromatic N) is 2.